The van der Waals surface area contributed by atoms with Crippen LogP contribution in [0.3, 0.4) is 0 Å². The molecule has 0 radical (unpaired) electrons. The quantitative estimate of drug-likeness (QED) is 0.0150. The van der Waals surface area contributed by atoms with Crippen LogP contribution in [0.2, 0.25) is 0 Å². The van der Waals surface area contributed by atoms with Crippen molar-refractivity contribution in [3.05, 3.63) is 60.8 Å². The maximum atomic E-state index is 12.8. The first-order valence-corrected chi connectivity index (χ1v) is 25.1. The number of esters is 2. The highest BCUT2D eigenvalue weighted by molar-refractivity contribution is 7.47. The molecule has 0 aliphatic heterocycles. The van der Waals surface area contributed by atoms with E-state index in [1.165, 1.54) is 0 Å². The second kappa shape index (κ2) is 34.8. The monoisotopic (exact) mass is 920 g/mol. The van der Waals surface area contributed by atoms with Crippen molar-refractivity contribution in [1.82, 2.24) is 0 Å². The highest BCUT2D eigenvalue weighted by Crippen LogP contribution is 2.44. The van der Waals surface area contributed by atoms with E-state index in [-0.39, 0.29) is 25.0 Å². The summed E-state index contributed by atoms with van der Waals surface area (Å²) >= 11 is 0. The van der Waals surface area contributed by atoms with Crippen molar-refractivity contribution in [3.63, 3.8) is 0 Å². The van der Waals surface area contributed by atoms with Crippen molar-refractivity contribution < 1.29 is 76.6 Å². The first-order chi connectivity index (χ1) is 29.6. The van der Waals surface area contributed by atoms with Crippen LogP contribution in [0.25, 0.3) is 0 Å². The van der Waals surface area contributed by atoms with Crippen LogP contribution in [0.5, 0.6) is 0 Å². The summed E-state index contributed by atoms with van der Waals surface area (Å²) in [7, 11) is -9.79. The standard InChI is InChI=1S/C44H74O16P2/c1-3-5-7-8-9-10-11-12-13-14-15-16-17-18-23-27-43(49)56-34-38(35-59-62(54,55)58-33-37(46)32-57-61(51,52)53)60-44(50)28-24-20-19-22-26-39-40(42(48)31-41(39)47)30-29-36(45)25-21-6-4-2/h5,7,9-10,12-13,19,22,29-30,36-40,42,45-46,48H,3-4,6,8,11,14-18,20-21,23-28,31-35H2,1-2H3,(H,54,55)(H2,51,52,53)/b7-5-,10-9-,13-12-,22-19-,30-29+/t36-,37-,38+,39+,40+,42+/m0/s1. The molecule has 1 fully saturated rings. The number of unbranched alkanes of at least 4 members (excludes halogenated alkanes) is 8. The Labute approximate surface area is 368 Å². The number of Topliss-reactive ketones (excluding diaryl/α,β-unsaturated/α-hetero) is 1. The number of ether oxygens (including phenoxy) is 2. The second-order valence-electron chi connectivity index (χ2n) is 15.4. The molecule has 0 aromatic carbocycles. The number of rotatable bonds is 37. The molecule has 0 aromatic heterocycles. The van der Waals surface area contributed by atoms with E-state index in [2.05, 4.69) is 59.4 Å². The lowest BCUT2D eigenvalue weighted by Gasteiger charge is -2.20. The molecule has 1 saturated carbocycles. The van der Waals surface area contributed by atoms with E-state index in [4.69, 9.17) is 23.8 Å². The Hall–Kier alpha value is -2.59. The van der Waals surface area contributed by atoms with Crippen LogP contribution in [-0.2, 0) is 46.6 Å². The molecule has 0 saturated heterocycles. The van der Waals surface area contributed by atoms with E-state index in [1.807, 2.05) is 12.2 Å². The molecule has 0 aromatic rings. The van der Waals surface area contributed by atoms with Gasteiger partial charge in [0.2, 0.25) is 0 Å². The van der Waals surface area contributed by atoms with E-state index in [1.54, 1.807) is 12.2 Å². The lowest BCUT2D eigenvalue weighted by atomic mass is 9.90. The highest BCUT2D eigenvalue weighted by Gasteiger charge is 2.39. The first-order valence-electron chi connectivity index (χ1n) is 22.1. The highest BCUT2D eigenvalue weighted by atomic mass is 31.2. The number of carbonyl (C=O) groups is 3. The van der Waals surface area contributed by atoms with Crippen LogP contribution >= 0.6 is 15.6 Å². The van der Waals surface area contributed by atoms with Gasteiger partial charge in [-0.1, -0.05) is 113 Å². The molecule has 1 unspecified atom stereocenters. The minimum Gasteiger partial charge on any atom is -0.462 e. The van der Waals surface area contributed by atoms with Gasteiger partial charge in [0.25, 0.3) is 0 Å². The molecule has 1 rings (SSSR count). The topological polar surface area (TPSA) is 253 Å². The molecule has 356 valence electrons. The largest absolute Gasteiger partial charge is 0.472 e. The molecule has 16 nitrogen and oxygen atoms in total. The molecule has 0 amide bonds. The number of carbonyl (C=O) groups excluding carboxylic acids is 3. The van der Waals surface area contributed by atoms with E-state index < -0.39 is 90.3 Å². The van der Waals surface area contributed by atoms with Gasteiger partial charge in [-0.15, -0.1) is 0 Å². The maximum absolute atomic E-state index is 12.8. The minimum atomic E-state index is -4.90. The Kier molecular flexibility index (Phi) is 32.2. The van der Waals surface area contributed by atoms with Crippen molar-refractivity contribution in [2.24, 2.45) is 11.8 Å². The van der Waals surface area contributed by atoms with Crippen LogP contribution in [-0.4, -0.2) is 98.6 Å². The van der Waals surface area contributed by atoms with Crippen molar-refractivity contribution in [1.29, 1.82) is 0 Å². The molecule has 0 spiro atoms. The number of allylic oxidation sites excluding steroid dienone is 8. The van der Waals surface area contributed by atoms with Crippen LogP contribution in [0, 0.1) is 11.8 Å². The maximum Gasteiger partial charge on any atom is 0.472 e. The lowest BCUT2D eigenvalue weighted by Crippen LogP contribution is -2.29. The van der Waals surface area contributed by atoms with Crippen LogP contribution in [0.15, 0.2) is 60.8 Å². The summed E-state index contributed by atoms with van der Waals surface area (Å²) < 4.78 is 47.7. The Morgan fingerprint density at radius 1 is 0.726 bits per heavy atom. The predicted molar refractivity (Wildman–Crippen MR) is 235 cm³/mol. The smallest absolute Gasteiger partial charge is 0.462 e. The molecule has 0 heterocycles. The average molecular weight is 921 g/mol. The summed E-state index contributed by atoms with van der Waals surface area (Å²) in [5.41, 5.74) is 0. The third-order valence-electron chi connectivity index (χ3n) is 9.75. The number of aliphatic hydroxyl groups excluding tert-OH is 3. The summed E-state index contributed by atoms with van der Waals surface area (Å²) in [6.45, 7) is 1.20. The van der Waals surface area contributed by atoms with E-state index in [0.717, 1.165) is 70.6 Å². The molecule has 1 aliphatic carbocycles. The van der Waals surface area contributed by atoms with Gasteiger partial charge in [0.1, 0.15) is 18.5 Å². The third-order valence-corrected chi connectivity index (χ3v) is 11.2. The number of phosphoric acid groups is 2. The number of phosphoric ester groups is 2. The lowest BCUT2D eigenvalue weighted by molar-refractivity contribution is -0.161. The predicted octanol–water partition coefficient (Wildman–Crippen LogP) is 7.81. The Bertz CT molecular complexity index is 1490. The average Bonchev–Trinajstić information content (AvgIpc) is 3.49. The number of ketones is 1. The summed E-state index contributed by atoms with van der Waals surface area (Å²) in [6.07, 6.45) is 28.7. The summed E-state index contributed by atoms with van der Waals surface area (Å²) in [4.78, 5) is 65.5. The summed E-state index contributed by atoms with van der Waals surface area (Å²) in [5.74, 6) is -2.14. The molecule has 6 N–H and O–H groups in total. The van der Waals surface area contributed by atoms with Crippen molar-refractivity contribution in [2.75, 3.05) is 26.4 Å². The van der Waals surface area contributed by atoms with E-state index >= 15 is 0 Å². The molecule has 1 aliphatic rings. The van der Waals surface area contributed by atoms with Gasteiger partial charge >= 0.3 is 27.6 Å². The Morgan fingerprint density at radius 2 is 1.34 bits per heavy atom. The Morgan fingerprint density at radius 3 is 2.05 bits per heavy atom. The molecule has 18 heteroatoms. The van der Waals surface area contributed by atoms with Crippen molar-refractivity contribution in [2.45, 2.75) is 160 Å². The fourth-order valence-electron chi connectivity index (χ4n) is 6.34. The molecule has 0 bridgehead atoms. The van der Waals surface area contributed by atoms with Gasteiger partial charge in [0.15, 0.2) is 6.10 Å². The number of aliphatic hydroxyl groups is 3. The van der Waals surface area contributed by atoms with Gasteiger partial charge in [0.05, 0.1) is 32.0 Å². The zero-order valence-corrected chi connectivity index (χ0v) is 38.5. The van der Waals surface area contributed by atoms with Gasteiger partial charge in [-0.3, -0.25) is 28.0 Å². The normalized spacial score (nSPS) is 19.9. The van der Waals surface area contributed by atoms with Gasteiger partial charge in [0, 0.05) is 31.1 Å². The van der Waals surface area contributed by atoms with Gasteiger partial charge < -0.3 is 39.5 Å². The zero-order chi connectivity index (χ0) is 46.1. The number of hydrogen-bond acceptors (Lipinski definition) is 13. The third kappa shape index (κ3) is 31.3. The summed E-state index contributed by atoms with van der Waals surface area (Å²) in [6, 6.07) is 0. The van der Waals surface area contributed by atoms with Crippen LogP contribution in [0.4, 0.5) is 0 Å². The second-order valence-corrected chi connectivity index (χ2v) is 18.1. The molecular formula is C44H74O16P2. The van der Waals surface area contributed by atoms with E-state index in [9.17, 15) is 43.7 Å². The summed E-state index contributed by atoms with van der Waals surface area (Å²) in [5, 5.41) is 30.5. The van der Waals surface area contributed by atoms with Gasteiger partial charge in [-0.2, -0.15) is 0 Å². The van der Waals surface area contributed by atoms with Gasteiger partial charge in [-0.05, 0) is 64.2 Å². The van der Waals surface area contributed by atoms with Crippen molar-refractivity contribution >= 4 is 33.4 Å². The SMILES string of the molecule is CC/C=C\C/C=C\C/C=C\CCCCCCCC(=O)OC[C@H](COP(=O)(O)OC[C@@H](O)COP(=O)(O)O)OC(=O)CCC/C=C\C[C@H]1C(=O)C[C@@H](O)[C@@H]1/C=C/[C@@H](O)CCCCC. The molecule has 7 atom stereocenters. The van der Waals surface area contributed by atoms with E-state index in [0.29, 0.717) is 32.1 Å². The first kappa shape index (κ1) is 57.4. The fraction of sp³-hybridized carbons (Fsp3) is 0.705. The minimum absolute atomic E-state index is 0.0503. The molecule has 62 heavy (non-hydrogen) atoms. The van der Waals surface area contributed by atoms with Crippen molar-refractivity contribution in [3.8, 4) is 0 Å². The number of hydrogen-bond donors (Lipinski definition) is 6. The fourth-order valence-corrected chi connectivity index (χ4v) is 7.50. The zero-order valence-electron chi connectivity index (χ0n) is 36.7. The van der Waals surface area contributed by atoms with Crippen LogP contribution < -0.4 is 0 Å². The van der Waals surface area contributed by atoms with Gasteiger partial charge in [-0.25, -0.2) is 9.13 Å². The Balaban J connectivity index is 2.60. The van der Waals surface area contributed by atoms with Crippen LogP contribution in [0.1, 0.15) is 136 Å². The molecular weight excluding hydrogens is 846 g/mol.